The molecule has 19 heavy (non-hydrogen) atoms. The Morgan fingerprint density at radius 3 is 2.21 bits per heavy atom. The number of aryl methyl sites for hydroxylation is 1. The van der Waals surface area contributed by atoms with Crippen molar-refractivity contribution in [3.8, 4) is 11.5 Å². The highest BCUT2D eigenvalue weighted by molar-refractivity contribution is 7.14. The van der Waals surface area contributed by atoms with E-state index in [2.05, 4.69) is 5.32 Å². The van der Waals surface area contributed by atoms with Gasteiger partial charge in [0.1, 0.15) is 11.5 Å². The number of hydrogen-bond donors (Lipinski definition) is 1. The van der Waals surface area contributed by atoms with Crippen LogP contribution in [0.5, 0.6) is 11.5 Å². The Balaban J connectivity index is 2.20. The molecule has 0 saturated carbocycles. The van der Waals surface area contributed by atoms with Gasteiger partial charge in [0.05, 0.1) is 19.1 Å². The number of methoxy groups -OCH3 is 2. The van der Waals surface area contributed by atoms with E-state index < -0.39 is 0 Å². The molecular formula is C14H15NO3S. The Morgan fingerprint density at radius 2 is 1.74 bits per heavy atom. The van der Waals surface area contributed by atoms with E-state index in [1.807, 2.05) is 19.1 Å². The molecule has 4 nitrogen and oxygen atoms in total. The van der Waals surface area contributed by atoms with Gasteiger partial charge in [-0.05, 0) is 19.1 Å². The van der Waals surface area contributed by atoms with Crippen molar-refractivity contribution < 1.29 is 14.3 Å². The van der Waals surface area contributed by atoms with E-state index in [0.717, 1.165) is 4.88 Å². The van der Waals surface area contributed by atoms with Gasteiger partial charge in [-0.25, -0.2) is 0 Å². The third-order valence-corrected chi connectivity index (χ3v) is 3.57. The smallest absolute Gasteiger partial charge is 0.265 e. The summed E-state index contributed by atoms with van der Waals surface area (Å²) in [5.41, 5.74) is 0.646. The molecule has 0 radical (unpaired) electrons. The molecule has 1 heterocycles. The van der Waals surface area contributed by atoms with Crippen LogP contribution in [0.4, 0.5) is 5.69 Å². The quantitative estimate of drug-likeness (QED) is 0.932. The molecule has 0 aliphatic carbocycles. The van der Waals surface area contributed by atoms with Gasteiger partial charge in [-0.3, -0.25) is 4.79 Å². The number of amides is 1. The van der Waals surface area contributed by atoms with E-state index in [1.54, 1.807) is 32.4 Å². The average molecular weight is 277 g/mol. The van der Waals surface area contributed by atoms with E-state index in [4.69, 9.17) is 9.47 Å². The fraction of sp³-hybridized carbons (Fsp3) is 0.214. The second kappa shape index (κ2) is 5.75. The van der Waals surface area contributed by atoms with Crippen LogP contribution >= 0.6 is 11.3 Å². The molecule has 0 atom stereocenters. The number of hydrogen-bond acceptors (Lipinski definition) is 4. The van der Waals surface area contributed by atoms with Crippen molar-refractivity contribution >= 4 is 22.9 Å². The van der Waals surface area contributed by atoms with Crippen molar-refractivity contribution in [2.75, 3.05) is 19.5 Å². The Morgan fingerprint density at radius 1 is 1.11 bits per heavy atom. The summed E-state index contributed by atoms with van der Waals surface area (Å²) >= 11 is 1.46. The normalized spacial score (nSPS) is 10.1. The Kier molecular flexibility index (Phi) is 4.06. The SMILES string of the molecule is COc1cc(NC(=O)c2ccc(C)s2)cc(OC)c1. The summed E-state index contributed by atoms with van der Waals surface area (Å²) in [5.74, 6) is 1.14. The lowest BCUT2D eigenvalue weighted by molar-refractivity contribution is 0.103. The monoisotopic (exact) mass is 277 g/mol. The molecule has 0 aliphatic rings. The van der Waals surface area contributed by atoms with Crippen molar-refractivity contribution in [1.29, 1.82) is 0 Å². The largest absolute Gasteiger partial charge is 0.497 e. The van der Waals surface area contributed by atoms with Crippen LogP contribution in [0, 0.1) is 6.92 Å². The Hall–Kier alpha value is -2.01. The highest BCUT2D eigenvalue weighted by atomic mass is 32.1. The summed E-state index contributed by atoms with van der Waals surface area (Å²) in [4.78, 5) is 13.8. The van der Waals surface area contributed by atoms with Gasteiger partial charge in [0.15, 0.2) is 0 Å². The molecule has 0 bridgehead atoms. The molecular weight excluding hydrogens is 262 g/mol. The fourth-order valence-electron chi connectivity index (χ4n) is 1.63. The fourth-order valence-corrected chi connectivity index (χ4v) is 2.39. The minimum atomic E-state index is -0.131. The topological polar surface area (TPSA) is 47.6 Å². The second-order valence-electron chi connectivity index (χ2n) is 3.97. The predicted molar refractivity (Wildman–Crippen MR) is 76.6 cm³/mol. The lowest BCUT2D eigenvalue weighted by Gasteiger charge is -2.09. The molecule has 2 aromatic rings. The van der Waals surface area contributed by atoms with E-state index in [9.17, 15) is 4.79 Å². The van der Waals surface area contributed by atoms with Crippen molar-refractivity contribution in [1.82, 2.24) is 0 Å². The maximum atomic E-state index is 12.0. The zero-order valence-electron chi connectivity index (χ0n) is 11.0. The predicted octanol–water partition coefficient (Wildman–Crippen LogP) is 3.33. The molecule has 0 saturated heterocycles. The number of thiophene rings is 1. The van der Waals surface area contributed by atoms with Crippen LogP contribution in [-0.2, 0) is 0 Å². The summed E-state index contributed by atoms with van der Waals surface area (Å²) < 4.78 is 10.3. The van der Waals surface area contributed by atoms with Crippen LogP contribution in [0.15, 0.2) is 30.3 Å². The molecule has 100 valence electrons. The summed E-state index contributed by atoms with van der Waals surface area (Å²) in [6, 6.07) is 8.99. The Labute approximate surface area is 116 Å². The summed E-state index contributed by atoms with van der Waals surface area (Å²) in [6.45, 7) is 1.97. The van der Waals surface area contributed by atoms with Crippen molar-refractivity contribution in [2.45, 2.75) is 6.92 Å². The first-order valence-corrected chi connectivity index (χ1v) is 6.55. The lowest BCUT2D eigenvalue weighted by Crippen LogP contribution is -2.10. The molecule has 1 aromatic heterocycles. The van der Waals surface area contributed by atoms with E-state index in [1.165, 1.54) is 11.3 Å². The van der Waals surface area contributed by atoms with Crippen molar-refractivity contribution in [3.63, 3.8) is 0 Å². The molecule has 1 aromatic carbocycles. The minimum absolute atomic E-state index is 0.131. The maximum absolute atomic E-state index is 12.0. The van der Waals surface area contributed by atoms with Crippen LogP contribution < -0.4 is 14.8 Å². The summed E-state index contributed by atoms with van der Waals surface area (Å²) in [6.07, 6.45) is 0. The standard InChI is InChI=1S/C14H15NO3S/c1-9-4-5-13(19-9)14(16)15-10-6-11(17-2)8-12(7-10)18-3/h4-8H,1-3H3,(H,15,16). The first-order valence-electron chi connectivity index (χ1n) is 5.73. The zero-order chi connectivity index (χ0) is 13.8. The van der Waals surface area contributed by atoms with Crippen molar-refractivity contribution in [2.24, 2.45) is 0 Å². The van der Waals surface area contributed by atoms with Crippen LogP contribution in [-0.4, -0.2) is 20.1 Å². The molecule has 0 spiro atoms. The molecule has 0 unspecified atom stereocenters. The first-order chi connectivity index (χ1) is 9.12. The number of benzene rings is 1. The number of carbonyl (C=O) groups is 1. The molecule has 1 amide bonds. The number of carbonyl (C=O) groups excluding carboxylic acids is 1. The molecule has 1 N–H and O–H groups in total. The highest BCUT2D eigenvalue weighted by Crippen LogP contribution is 2.26. The van der Waals surface area contributed by atoms with Gasteiger partial charge in [0.2, 0.25) is 0 Å². The van der Waals surface area contributed by atoms with E-state index in [0.29, 0.717) is 22.1 Å². The van der Waals surface area contributed by atoms with E-state index >= 15 is 0 Å². The number of rotatable bonds is 4. The molecule has 2 rings (SSSR count). The third-order valence-electron chi connectivity index (χ3n) is 2.57. The molecule has 5 heteroatoms. The van der Waals surface area contributed by atoms with Gasteiger partial charge in [-0.15, -0.1) is 11.3 Å². The van der Waals surface area contributed by atoms with Crippen LogP contribution in [0.25, 0.3) is 0 Å². The van der Waals surface area contributed by atoms with Gasteiger partial charge >= 0.3 is 0 Å². The van der Waals surface area contributed by atoms with E-state index in [-0.39, 0.29) is 5.91 Å². The number of ether oxygens (including phenoxy) is 2. The van der Waals surface area contributed by atoms with Crippen LogP contribution in [0.1, 0.15) is 14.5 Å². The second-order valence-corrected chi connectivity index (χ2v) is 5.25. The third kappa shape index (κ3) is 3.26. The zero-order valence-corrected chi connectivity index (χ0v) is 11.8. The number of anilines is 1. The lowest BCUT2D eigenvalue weighted by atomic mass is 10.2. The maximum Gasteiger partial charge on any atom is 0.265 e. The highest BCUT2D eigenvalue weighted by Gasteiger charge is 2.10. The van der Waals surface area contributed by atoms with Crippen LogP contribution in [0.3, 0.4) is 0 Å². The van der Waals surface area contributed by atoms with Crippen molar-refractivity contribution in [3.05, 3.63) is 40.1 Å². The first kappa shape index (κ1) is 13.4. The minimum Gasteiger partial charge on any atom is -0.497 e. The Bertz CT molecular complexity index is 570. The number of nitrogens with one attached hydrogen (secondary N) is 1. The van der Waals surface area contributed by atoms with Gasteiger partial charge < -0.3 is 14.8 Å². The molecule has 0 aliphatic heterocycles. The average Bonchev–Trinajstić information content (AvgIpc) is 2.85. The summed E-state index contributed by atoms with van der Waals surface area (Å²) in [7, 11) is 3.14. The van der Waals surface area contributed by atoms with Gasteiger partial charge in [0, 0.05) is 28.8 Å². The molecule has 0 fully saturated rings. The van der Waals surface area contributed by atoms with Crippen LogP contribution in [0.2, 0.25) is 0 Å². The van der Waals surface area contributed by atoms with Gasteiger partial charge in [-0.1, -0.05) is 0 Å². The summed E-state index contributed by atoms with van der Waals surface area (Å²) in [5, 5.41) is 2.83. The van der Waals surface area contributed by atoms with Gasteiger partial charge in [-0.2, -0.15) is 0 Å². The van der Waals surface area contributed by atoms with Gasteiger partial charge in [0.25, 0.3) is 5.91 Å².